The van der Waals surface area contributed by atoms with Crippen molar-refractivity contribution in [3.8, 4) is 6.07 Å². The van der Waals surface area contributed by atoms with Crippen LogP contribution in [0, 0.1) is 16.7 Å². The van der Waals surface area contributed by atoms with Crippen molar-refractivity contribution in [3.63, 3.8) is 0 Å². The Balaban J connectivity index is 1.87. The van der Waals surface area contributed by atoms with E-state index in [-0.39, 0.29) is 18.4 Å². The molecule has 2 fully saturated rings. The first kappa shape index (κ1) is 15.8. The Hall–Kier alpha value is -1.57. The van der Waals surface area contributed by atoms with Crippen LogP contribution in [0.15, 0.2) is 0 Å². The van der Waals surface area contributed by atoms with Crippen molar-refractivity contribution in [2.75, 3.05) is 19.6 Å². The molecule has 2 amide bonds. The number of carbonyl (C=O) groups excluding carboxylic acids is 2. The summed E-state index contributed by atoms with van der Waals surface area (Å²) >= 11 is 0. The highest BCUT2D eigenvalue weighted by Gasteiger charge is 2.39. The molecule has 2 rings (SSSR count). The molecule has 2 aliphatic rings. The lowest BCUT2D eigenvalue weighted by molar-refractivity contribution is -0.136. The molecule has 1 aliphatic carbocycles. The maximum absolute atomic E-state index is 12.4. The molecule has 0 spiro atoms. The van der Waals surface area contributed by atoms with E-state index in [1.54, 1.807) is 0 Å². The number of nitriles is 1. The van der Waals surface area contributed by atoms with Crippen molar-refractivity contribution in [1.29, 1.82) is 5.26 Å². The zero-order valence-corrected chi connectivity index (χ0v) is 12.7. The number of piperidine rings is 1. The van der Waals surface area contributed by atoms with Gasteiger partial charge in [-0.25, -0.2) is 0 Å². The van der Waals surface area contributed by atoms with Crippen LogP contribution in [0.25, 0.3) is 0 Å². The van der Waals surface area contributed by atoms with Crippen molar-refractivity contribution in [2.24, 2.45) is 5.41 Å². The van der Waals surface area contributed by atoms with Gasteiger partial charge in [-0.05, 0) is 32.1 Å². The van der Waals surface area contributed by atoms with Gasteiger partial charge < -0.3 is 10.2 Å². The summed E-state index contributed by atoms with van der Waals surface area (Å²) in [5, 5.41) is 12.2. The van der Waals surface area contributed by atoms with Gasteiger partial charge in [-0.3, -0.25) is 9.59 Å². The molecule has 1 N–H and O–H groups in total. The largest absolute Gasteiger partial charge is 0.346 e. The molecule has 0 unspecified atom stereocenters. The third-order valence-electron chi connectivity index (χ3n) is 4.71. The van der Waals surface area contributed by atoms with E-state index >= 15 is 0 Å². The molecule has 1 aliphatic heterocycles. The highest BCUT2D eigenvalue weighted by molar-refractivity contribution is 5.89. The highest BCUT2D eigenvalue weighted by Crippen LogP contribution is 2.34. The number of rotatable bonds is 3. The first-order valence-electron chi connectivity index (χ1n) is 8.15. The van der Waals surface area contributed by atoms with Crippen LogP contribution in [0.2, 0.25) is 0 Å². The lowest BCUT2D eigenvalue weighted by atomic mass is 9.81. The Kier molecular flexibility index (Phi) is 5.60. The van der Waals surface area contributed by atoms with Crippen LogP contribution < -0.4 is 5.32 Å². The zero-order chi connectivity index (χ0) is 15.1. The summed E-state index contributed by atoms with van der Waals surface area (Å²) in [6.07, 6.45) is 8.51. The van der Waals surface area contributed by atoms with E-state index in [1.165, 1.54) is 6.42 Å². The molecule has 5 heteroatoms. The van der Waals surface area contributed by atoms with Gasteiger partial charge in [0.2, 0.25) is 11.8 Å². The van der Waals surface area contributed by atoms with Gasteiger partial charge in [0.15, 0.2) is 0 Å². The smallest absolute Gasteiger partial charge is 0.241 e. The SMILES string of the molecule is N#CC1(C(=O)NCC(=O)N2CCCCC2)CCCCCC1. The fourth-order valence-electron chi connectivity index (χ4n) is 3.30. The summed E-state index contributed by atoms with van der Waals surface area (Å²) in [7, 11) is 0. The minimum Gasteiger partial charge on any atom is -0.346 e. The summed E-state index contributed by atoms with van der Waals surface area (Å²) < 4.78 is 0. The van der Waals surface area contributed by atoms with Crippen molar-refractivity contribution in [2.45, 2.75) is 57.8 Å². The van der Waals surface area contributed by atoms with Crippen LogP contribution in [0.1, 0.15) is 57.8 Å². The van der Waals surface area contributed by atoms with Gasteiger partial charge in [0.25, 0.3) is 0 Å². The van der Waals surface area contributed by atoms with Gasteiger partial charge in [0.05, 0.1) is 12.6 Å². The van der Waals surface area contributed by atoms with Gasteiger partial charge in [0, 0.05) is 13.1 Å². The van der Waals surface area contributed by atoms with Crippen LogP contribution in [0.5, 0.6) is 0 Å². The Labute approximate surface area is 126 Å². The third kappa shape index (κ3) is 3.96. The molecule has 0 atom stereocenters. The number of nitrogens with one attached hydrogen (secondary N) is 1. The molecule has 116 valence electrons. The summed E-state index contributed by atoms with van der Waals surface area (Å²) in [6, 6.07) is 2.22. The lowest BCUT2D eigenvalue weighted by Crippen LogP contribution is -2.46. The first-order chi connectivity index (χ1) is 10.2. The van der Waals surface area contributed by atoms with Crippen molar-refractivity contribution < 1.29 is 9.59 Å². The maximum Gasteiger partial charge on any atom is 0.241 e. The number of hydrogen-bond acceptors (Lipinski definition) is 3. The Morgan fingerprint density at radius 3 is 2.14 bits per heavy atom. The second-order valence-corrected chi connectivity index (χ2v) is 6.23. The van der Waals surface area contributed by atoms with Crippen molar-refractivity contribution in [3.05, 3.63) is 0 Å². The monoisotopic (exact) mass is 291 g/mol. The molecule has 0 aromatic heterocycles. The minimum absolute atomic E-state index is 0.0234. The van der Waals surface area contributed by atoms with E-state index in [1.807, 2.05) is 4.90 Å². The number of likely N-dealkylation sites (tertiary alicyclic amines) is 1. The predicted octanol–water partition coefficient (Wildman–Crippen LogP) is 1.98. The molecule has 5 nitrogen and oxygen atoms in total. The molecular weight excluding hydrogens is 266 g/mol. The first-order valence-corrected chi connectivity index (χ1v) is 8.15. The van der Waals surface area contributed by atoms with E-state index in [2.05, 4.69) is 11.4 Å². The van der Waals surface area contributed by atoms with E-state index in [0.29, 0.717) is 12.8 Å². The number of carbonyl (C=O) groups is 2. The Morgan fingerprint density at radius 2 is 1.57 bits per heavy atom. The van der Waals surface area contributed by atoms with E-state index in [4.69, 9.17) is 0 Å². The third-order valence-corrected chi connectivity index (χ3v) is 4.71. The van der Waals surface area contributed by atoms with E-state index < -0.39 is 5.41 Å². The molecule has 1 heterocycles. The van der Waals surface area contributed by atoms with Crippen molar-refractivity contribution >= 4 is 11.8 Å². The molecular formula is C16H25N3O2. The summed E-state index contributed by atoms with van der Waals surface area (Å²) in [5.41, 5.74) is -0.918. The van der Waals surface area contributed by atoms with Gasteiger partial charge in [-0.1, -0.05) is 25.7 Å². The molecule has 0 aromatic carbocycles. The lowest BCUT2D eigenvalue weighted by Gasteiger charge is -2.28. The average Bonchev–Trinajstić information content (AvgIpc) is 2.79. The zero-order valence-electron chi connectivity index (χ0n) is 12.7. The standard InChI is InChI=1S/C16H25N3O2/c17-13-16(8-4-1-2-5-9-16)15(21)18-12-14(20)19-10-6-3-7-11-19/h1-12H2,(H,18,21). The molecule has 0 radical (unpaired) electrons. The summed E-state index contributed by atoms with van der Waals surface area (Å²) in [5.74, 6) is -0.276. The fraction of sp³-hybridized carbons (Fsp3) is 0.812. The quantitative estimate of drug-likeness (QED) is 0.808. The van der Waals surface area contributed by atoms with Gasteiger partial charge in [-0.15, -0.1) is 0 Å². The number of nitrogens with zero attached hydrogens (tertiary/aromatic N) is 2. The Morgan fingerprint density at radius 1 is 1.00 bits per heavy atom. The van der Waals surface area contributed by atoms with Crippen LogP contribution in [0.3, 0.4) is 0 Å². The topological polar surface area (TPSA) is 73.2 Å². The second-order valence-electron chi connectivity index (χ2n) is 6.23. The average molecular weight is 291 g/mol. The second kappa shape index (κ2) is 7.44. The maximum atomic E-state index is 12.4. The van der Waals surface area contributed by atoms with Crippen LogP contribution >= 0.6 is 0 Å². The molecule has 0 bridgehead atoms. The normalized spacial score (nSPS) is 22.0. The van der Waals surface area contributed by atoms with Crippen molar-refractivity contribution in [1.82, 2.24) is 10.2 Å². The van der Waals surface area contributed by atoms with E-state index in [0.717, 1.165) is 51.6 Å². The van der Waals surface area contributed by atoms with Gasteiger partial charge in [0.1, 0.15) is 5.41 Å². The molecule has 1 saturated carbocycles. The summed E-state index contributed by atoms with van der Waals surface area (Å²) in [6.45, 7) is 1.61. The highest BCUT2D eigenvalue weighted by atomic mass is 16.2. The van der Waals surface area contributed by atoms with Gasteiger partial charge >= 0.3 is 0 Å². The summed E-state index contributed by atoms with van der Waals surface area (Å²) in [4.78, 5) is 26.3. The van der Waals surface area contributed by atoms with Crippen LogP contribution in [0.4, 0.5) is 0 Å². The predicted molar refractivity (Wildman–Crippen MR) is 79.2 cm³/mol. The fourth-order valence-corrected chi connectivity index (χ4v) is 3.30. The van der Waals surface area contributed by atoms with Crippen LogP contribution in [-0.2, 0) is 9.59 Å². The number of hydrogen-bond donors (Lipinski definition) is 1. The molecule has 21 heavy (non-hydrogen) atoms. The molecule has 1 saturated heterocycles. The van der Waals surface area contributed by atoms with Crippen LogP contribution in [-0.4, -0.2) is 36.3 Å². The van der Waals surface area contributed by atoms with Gasteiger partial charge in [-0.2, -0.15) is 5.26 Å². The van der Waals surface area contributed by atoms with E-state index in [9.17, 15) is 14.9 Å². The minimum atomic E-state index is -0.918. The number of amides is 2. The molecule has 0 aromatic rings. The Bertz CT molecular complexity index is 414.